The summed E-state index contributed by atoms with van der Waals surface area (Å²) in [7, 11) is -1.21. The van der Waals surface area contributed by atoms with Crippen LogP contribution in [0.15, 0.2) is 0 Å². The highest BCUT2D eigenvalue weighted by Crippen LogP contribution is 2.23. The lowest BCUT2D eigenvalue weighted by atomic mass is 10.3. The fourth-order valence-corrected chi connectivity index (χ4v) is 6.04. The number of unbranched alkanes of at least 4 members (excludes halogenated alkanes) is 2. The summed E-state index contributed by atoms with van der Waals surface area (Å²) in [6.07, 6.45) is 6.77. The lowest BCUT2D eigenvalue weighted by Crippen LogP contribution is -2.58. The molecule has 0 bridgehead atoms. The first-order valence-electron chi connectivity index (χ1n) is 6.73. The van der Waals surface area contributed by atoms with Gasteiger partial charge in [0.1, 0.15) is 0 Å². The van der Waals surface area contributed by atoms with Crippen LogP contribution in [-0.4, -0.2) is 32.6 Å². The van der Waals surface area contributed by atoms with Crippen molar-refractivity contribution in [2.45, 2.75) is 58.5 Å². The van der Waals surface area contributed by atoms with Gasteiger partial charge in [0.25, 0.3) is 0 Å². The van der Waals surface area contributed by atoms with Gasteiger partial charge in [0, 0.05) is 0 Å². The second-order valence-corrected chi connectivity index (χ2v) is 9.03. The molecule has 0 radical (unpaired) electrons. The molecule has 15 heavy (non-hydrogen) atoms. The predicted octanol–water partition coefficient (Wildman–Crippen LogP) is 2.95. The molecule has 1 saturated heterocycles. The van der Waals surface area contributed by atoms with Crippen LogP contribution in [0.5, 0.6) is 0 Å². The van der Waals surface area contributed by atoms with Crippen molar-refractivity contribution in [3.05, 3.63) is 0 Å². The molecule has 2 nitrogen and oxygen atoms in total. The Morgan fingerprint density at radius 1 is 1.20 bits per heavy atom. The van der Waals surface area contributed by atoms with E-state index in [1.54, 1.807) is 0 Å². The third kappa shape index (κ3) is 3.89. The van der Waals surface area contributed by atoms with Crippen LogP contribution in [0.2, 0.25) is 12.6 Å². The van der Waals surface area contributed by atoms with Crippen LogP contribution in [0.4, 0.5) is 0 Å². The number of nitrogens with one attached hydrogen (secondary N) is 1. The molecule has 0 aliphatic carbocycles. The fraction of sp³-hybridized carbons (Fsp3) is 1.00. The Morgan fingerprint density at radius 3 is 2.60 bits per heavy atom. The Kier molecular flexibility index (Phi) is 5.86. The monoisotopic (exact) mass is 228 g/mol. The Bertz CT molecular complexity index is 175. The molecule has 0 aromatic carbocycles. The van der Waals surface area contributed by atoms with E-state index in [4.69, 9.17) is 0 Å². The number of nitrogens with zero attached hydrogens (tertiary/aromatic N) is 1. The summed E-state index contributed by atoms with van der Waals surface area (Å²) in [6, 6.07) is 1.46. The van der Waals surface area contributed by atoms with Crippen molar-refractivity contribution in [1.29, 1.82) is 0 Å². The molecule has 1 aliphatic heterocycles. The quantitative estimate of drug-likeness (QED) is 0.532. The Hall–Kier alpha value is 0.137. The molecule has 0 aromatic rings. The molecule has 90 valence electrons. The average Bonchev–Trinajstić information content (AvgIpc) is 2.58. The van der Waals surface area contributed by atoms with E-state index in [9.17, 15) is 0 Å². The van der Waals surface area contributed by atoms with Gasteiger partial charge in [0.05, 0.1) is 0 Å². The summed E-state index contributed by atoms with van der Waals surface area (Å²) >= 11 is 0. The van der Waals surface area contributed by atoms with Crippen molar-refractivity contribution >= 4 is 8.40 Å². The summed E-state index contributed by atoms with van der Waals surface area (Å²) in [4.78, 5) is 3.88. The van der Waals surface area contributed by atoms with Crippen LogP contribution >= 0.6 is 0 Å². The van der Waals surface area contributed by atoms with E-state index in [1.807, 2.05) is 0 Å². The van der Waals surface area contributed by atoms with E-state index in [-0.39, 0.29) is 0 Å². The zero-order chi connectivity index (χ0) is 11.1. The first kappa shape index (κ1) is 13.2. The molecule has 1 fully saturated rings. The zero-order valence-corrected chi connectivity index (χ0v) is 11.8. The average molecular weight is 228 g/mol. The van der Waals surface area contributed by atoms with Gasteiger partial charge in [-0.15, -0.1) is 0 Å². The molecule has 0 amide bonds. The van der Waals surface area contributed by atoms with Crippen LogP contribution in [0, 0.1) is 0 Å². The second kappa shape index (κ2) is 6.66. The Balaban J connectivity index is 2.34. The number of hydrogen-bond donors (Lipinski definition) is 1. The van der Waals surface area contributed by atoms with Gasteiger partial charge < -0.3 is 9.55 Å². The second-order valence-electron chi connectivity index (χ2n) is 5.00. The minimum atomic E-state index is -1.21. The molecule has 1 heterocycles. The molecule has 1 atom stereocenters. The molecular weight excluding hydrogens is 200 g/mol. The van der Waals surface area contributed by atoms with Gasteiger partial charge in [0.2, 0.25) is 8.40 Å². The van der Waals surface area contributed by atoms with E-state index in [0.29, 0.717) is 0 Å². The summed E-state index contributed by atoms with van der Waals surface area (Å²) in [5, 5.41) is 0. The van der Waals surface area contributed by atoms with Crippen molar-refractivity contribution in [2.75, 3.05) is 19.6 Å². The van der Waals surface area contributed by atoms with E-state index in [1.165, 1.54) is 57.8 Å². The Morgan fingerprint density at radius 2 is 1.93 bits per heavy atom. The third-order valence-electron chi connectivity index (χ3n) is 3.61. The van der Waals surface area contributed by atoms with Crippen LogP contribution in [0.25, 0.3) is 0 Å². The lowest BCUT2D eigenvalue weighted by molar-refractivity contribution is 0.432. The normalized spacial score (nSPS) is 27.4. The van der Waals surface area contributed by atoms with Crippen molar-refractivity contribution in [2.24, 2.45) is 0 Å². The molecule has 0 saturated carbocycles. The van der Waals surface area contributed by atoms with Crippen LogP contribution in [-0.2, 0) is 0 Å². The molecule has 0 spiro atoms. The third-order valence-corrected chi connectivity index (χ3v) is 7.79. The molecule has 1 aliphatic rings. The van der Waals surface area contributed by atoms with Gasteiger partial charge in [-0.1, -0.05) is 26.7 Å². The predicted molar refractivity (Wildman–Crippen MR) is 70.4 cm³/mol. The minimum absolute atomic E-state index is 1.21. The van der Waals surface area contributed by atoms with Gasteiger partial charge in [-0.05, 0) is 51.5 Å². The highest BCUT2D eigenvalue weighted by Gasteiger charge is 2.38. The van der Waals surface area contributed by atoms with Crippen molar-refractivity contribution < 1.29 is 0 Å². The lowest BCUT2D eigenvalue weighted by Gasteiger charge is -2.34. The molecule has 1 rings (SSSR count). The number of rotatable bonds is 7. The SMILES string of the molecule is CCCCN[Si]1(C)CCCN1CCCC. The van der Waals surface area contributed by atoms with Crippen molar-refractivity contribution in [3.63, 3.8) is 0 Å². The maximum Gasteiger partial charge on any atom is 0.200 e. The summed E-state index contributed by atoms with van der Waals surface area (Å²) in [5.41, 5.74) is 0. The Labute approximate surface area is 96.6 Å². The van der Waals surface area contributed by atoms with E-state index < -0.39 is 8.40 Å². The molecule has 3 heteroatoms. The summed E-state index contributed by atoms with van der Waals surface area (Å²) in [5.74, 6) is 0. The van der Waals surface area contributed by atoms with Gasteiger partial charge in [0.15, 0.2) is 0 Å². The van der Waals surface area contributed by atoms with Gasteiger partial charge in [-0.2, -0.15) is 0 Å². The standard InChI is InChI=1S/C12H28N2Si/c1-4-6-9-13-15(3)12-8-11-14(15)10-7-5-2/h13H,4-12H2,1-3H3. The number of hydrogen-bond acceptors (Lipinski definition) is 2. The minimum Gasteiger partial charge on any atom is -0.325 e. The highest BCUT2D eigenvalue weighted by molar-refractivity contribution is 6.74. The zero-order valence-electron chi connectivity index (χ0n) is 10.8. The van der Waals surface area contributed by atoms with Gasteiger partial charge in [-0.25, -0.2) is 0 Å². The van der Waals surface area contributed by atoms with Crippen LogP contribution in [0.1, 0.15) is 46.0 Å². The fourth-order valence-electron chi connectivity index (χ4n) is 2.46. The summed E-state index contributed by atoms with van der Waals surface area (Å²) < 4.78 is 2.78. The summed E-state index contributed by atoms with van der Waals surface area (Å²) in [6.45, 7) is 11.0. The van der Waals surface area contributed by atoms with Gasteiger partial charge in [-0.3, -0.25) is 0 Å². The molecule has 0 aromatic heterocycles. The largest absolute Gasteiger partial charge is 0.325 e. The first-order valence-corrected chi connectivity index (χ1v) is 9.38. The molecular formula is C12H28N2Si. The molecule has 1 unspecified atom stereocenters. The maximum absolute atomic E-state index is 3.88. The highest BCUT2D eigenvalue weighted by atomic mass is 28.3. The molecule has 1 N–H and O–H groups in total. The topological polar surface area (TPSA) is 15.3 Å². The van der Waals surface area contributed by atoms with E-state index in [0.717, 1.165) is 0 Å². The van der Waals surface area contributed by atoms with E-state index >= 15 is 0 Å². The van der Waals surface area contributed by atoms with E-state index in [2.05, 4.69) is 29.9 Å². The van der Waals surface area contributed by atoms with Crippen molar-refractivity contribution in [3.8, 4) is 0 Å². The smallest absolute Gasteiger partial charge is 0.200 e. The van der Waals surface area contributed by atoms with Crippen LogP contribution < -0.4 is 4.98 Å². The van der Waals surface area contributed by atoms with Crippen LogP contribution in [0.3, 0.4) is 0 Å². The van der Waals surface area contributed by atoms with Crippen molar-refractivity contribution in [1.82, 2.24) is 9.55 Å². The van der Waals surface area contributed by atoms with Gasteiger partial charge >= 0.3 is 0 Å². The maximum atomic E-state index is 3.88. The first-order chi connectivity index (χ1) is 7.23.